The first-order chi connectivity index (χ1) is 18.2. The molecule has 2 unspecified atom stereocenters. The summed E-state index contributed by atoms with van der Waals surface area (Å²) < 4.78 is 37.2. The minimum atomic E-state index is -2.36. The number of ether oxygens (including phenoxy) is 1. The van der Waals surface area contributed by atoms with E-state index in [1.165, 1.54) is 0 Å². The fourth-order valence-corrected chi connectivity index (χ4v) is 4.79. The third kappa shape index (κ3) is 6.83. The Kier molecular flexibility index (Phi) is 9.24. The van der Waals surface area contributed by atoms with Gasteiger partial charge in [-0.05, 0) is 59.3 Å². The van der Waals surface area contributed by atoms with Crippen LogP contribution in [0.5, 0.6) is 5.75 Å². The van der Waals surface area contributed by atoms with Crippen molar-refractivity contribution in [2.45, 2.75) is 52.2 Å². The Morgan fingerprint density at radius 2 is 2.05 bits per heavy atom. The fourth-order valence-electron chi connectivity index (χ4n) is 4.79. The number of rotatable bonds is 11. The van der Waals surface area contributed by atoms with Crippen molar-refractivity contribution < 1.29 is 23.1 Å². The van der Waals surface area contributed by atoms with Gasteiger partial charge in [-0.25, -0.2) is 18.7 Å². The molecular weight excluding hydrogens is 494 g/mol. The van der Waals surface area contributed by atoms with E-state index < -0.39 is 12.5 Å². The maximum Gasteiger partial charge on any atom is 0.251 e. The molecule has 38 heavy (non-hydrogen) atoms. The number of nitrogens with zero attached hydrogens (tertiary/aromatic N) is 4. The Balaban J connectivity index is 1.68. The molecule has 1 saturated heterocycles. The predicted molar refractivity (Wildman–Crippen MR) is 142 cm³/mol. The van der Waals surface area contributed by atoms with Gasteiger partial charge in [-0.1, -0.05) is 17.3 Å². The smallest absolute Gasteiger partial charge is 0.251 e. The first-order valence-electron chi connectivity index (χ1n) is 12.9. The predicted octanol–water partition coefficient (Wildman–Crippen LogP) is 3.82. The largest absolute Gasteiger partial charge is 0.491 e. The van der Waals surface area contributed by atoms with Crippen LogP contribution < -0.4 is 15.4 Å². The van der Waals surface area contributed by atoms with Crippen molar-refractivity contribution in [1.82, 2.24) is 25.3 Å². The van der Waals surface area contributed by atoms with E-state index in [2.05, 4.69) is 15.8 Å². The number of aliphatic hydroxyl groups is 1. The van der Waals surface area contributed by atoms with Crippen LogP contribution in [0.1, 0.15) is 29.9 Å². The molecule has 0 saturated carbocycles. The molecule has 4 rings (SSSR count). The zero-order valence-electron chi connectivity index (χ0n) is 22.3. The highest BCUT2D eigenvalue weighted by atomic mass is 19.3. The maximum atomic E-state index is 13.0. The van der Waals surface area contributed by atoms with Crippen molar-refractivity contribution in [2.24, 2.45) is 0 Å². The van der Waals surface area contributed by atoms with E-state index >= 15 is 0 Å². The number of nitrogens with one attached hydrogen (secondary N) is 2. The number of anilines is 1. The van der Waals surface area contributed by atoms with E-state index in [1.54, 1.807) is 11.9 Å². The van der Waals surface area contributed by atoms with Crippen LogP contribution in [0.25, 0.3) is 22.6 Å². The van der Waals surface area contributed by atoms with Gasteiger partial charge in [-0.2, -0.15) is 0 Å². The van der Waals surface area contributed by atoms with Crippen LogP contribution in [0.4, 0.5) is 14.6 Å². The summed E-state index contributed by atoms with van der Waals surface area (Å²) in [5, 5.41) is 20.5. The number of piperidine rings is 1. The molecular formula is C27H36F2N6O3. The second-order valence-corrected chi connectivity index (χ2v) is 9.75. The number of likely N-dealkylation sites (tertiary alicyclic amines) is 1. The molecule has 2 aromatic heterocycles. The third-order valence-electron chi connectivity index (χ3n) is 6.63. The molecule has 3 N–H and O–H groups in total. The lowest BCUT2D eigenvalue weighted by Gasteiger charge is -2.33. The second kappa shape index (κ2) is 12.6. The summed E-state index contributed by atoms with van der Waals surface area (Å²) in [6, 6.07) is 7.38. The van der Waals surface area contributed by atoms with Crippen LogP contribution in [0, 0.1) is 20.8 Å². The van der Waals surface area contributed by atoms with Gasteiger partial charge in [0.15, 0.2) is 5.82 Å². The highest BCUT2D eigenvalue weighted by molar-refractivity contribution is 5.74. The zero-order valence-corrected chi connectivity index (χ0v) is 22.3. The molecule has 1 aliphatic heterocycles. The lowest BCUT2D eigenvalue weighted by Crippen LogP contribution is -2.44. The number of hydrogen-bond donors (Lipinski definition) is 3. The van der Waals surface area contributed by atoms with Crippen LogP contribution in [-0.4, -0.2) is 83.5 Å². The molecule has 9 nitrogen and oxygen atoms in total. The highest BCUT2D eigenvalue weighted by Crippen LogP contribution is 2.34. The summed E-state index contributed by atoms with van der Waals surface area (Å²) in [6.45, 7) is 7.17. The summed E-state index contributed by atoms with van der Waals surface area (Å²) in [6.07, 6.45) is -1.31. The minimum Gasteiger partial charge on any atom is -0.491 e. The number of alkyl halides is 2. The van der Waals surface area contributed by atoms with Gasteiger partial charge in [0.05, 0.1) is 23.5 Å². The lowest BCUT2D eigenvalue weighted by molar-refractivity contribution is 0.0761. The number of hydrogen-bond acceptors (Lipinski definition) is 9. The summed E-state index contributed by atoms with van der Waals surface area (Å²) in [5.41, 5.74) is 3.79. The van der Waals surface area contributed by atoms with E-state index in [0.29, 0.717) is 48.5 Å². The zero-order chi connectivity index (χ0) is 27.2. The Bertz CT molecular complexity index is 1200. The van der Waals surface area contributed by atoms with Gasteiger partial charge in [-0.15, -0.1) is 0 Å². The normalized spacial score (nSPS) is 17.1. The number of benzene rings is 1. The molecule has 3 heterocycles. The molecule has 2 atom stereocenters. The molecule has 1 aliphatic rings. The van der Waals surface area contributed by atoms with Crippen molar-refractivity contribution in [3.05, 3.63) is 41.3 Å². The first-order valence-corrected chi connectivity index (χ1v) is 12.9. The van der Waals surface area contributed by atoms with Gasteiger partial charge in [0, 0.05) is 30.3 Å². The Morgan fingerprint density at radius 1 is 1.24 bits per heavy atom. The second-order valence-electron chi connectivity index (χ2n) is 9.75. The Labute approximate surface area is 221 Å². The number of halogens is 2. The number of aromatic nitrogens is 3. The van der Waals surface area contributed by atoms with Crippen LogP contribution in [0.2, 0.25) is 0 Å². The lowest BCUT2D eigenvalue weighted by atomic mass is 10.0. The van der Waals surface area contributed by atoms with Gasteiger partial charge >= 0.3 is 0 Å². The molecule has 0 bridgehead atoms. The fraction of sp³-hybridized carbons (Fsp3) is 0.519. The third-order valence-corrected chi connectivity index (χ3v) is 6.63. The molecule has 0 spiro atoms. The first kappa shape index (κ1) is 27.9. The molecule has 0 amide bonds. The van der Waals surface area contributed by atoms with Crippen molar-refractivity contribution in [2.75, 3.05) is 45.2 Å². The van der Waals surface area contributed by atoms with Crippen molar-refractivity contribution >= 4 is 5.82 Å². The van der Waals surface area contributed by atoms with Gasteiger partial charge in [0.1, 0.15) is 30.0 Å². The molecule has 3 aromatic rings. The summed E-state index contributed by atoms with van der Waals surface area (Å²) >= 11 is 0. The minimum absolute atomic E-state index is 0.0233. The van der Waals surface area contributed by atoms with E-state index in [-0.39, 0.29) is 19.2 Å². The molecule has 1 fully saturated rings. The van der Waals surface area contributed by atoms with Crippen LogP contribution in [-0.2, 0) is 0 Å². The van der Waals surface area contributed by atoms with E-state index in [9.17, 15) is 13.9 Å². The summed E-state index contributed by atoms with van der Waals surface area (Å²) in [7, 11) is 1.77. The highest BCUT2D eigenvalue weighted by Gasteiger charge is 2.25. The van der Waals surface area contributed by atoms with Crippen molar-refractivity contribution in [3.63, 3.8) is 0 Å². The average Bonchev–Trinajstić information content (AvgIpc) is 3.22. The average molecular weight is 531 g/mol. The molecule has 1 aromatic carbocycles. The number of likely N-dealkylation sites (N-methyl/N-ethyl adjacent to an activating group) is 1. The molecule has 11 heteroatoms. The van der Waals surface area contributed by atoms with E-state index in [0.717, 1.165) is 35.2 Å². The summed E-state index contributed by atoms with van der Waals surface area (Å²) in [4.78, 5) is 11.6. The molecule has 0 aliphatic carbocycles. The maximum absolute atomic E-state index is 13.0. The molecule has 0 radical (unpaired) electrons. The SMILES string of the molecule is CNCC(O)COc1cccc(-c2nc(NC3CCCN(CC(F)F)C3)c(C)c(-c3c(C)noc3C)n2)c1. The molecule has 206 valence electrons. The van der Waals surface area contributed by atoms with Crippen LogP contribution in [0.15, 0.2) is 28.8 Å². The van der Waals surface area contributed by atoms with E-state index in [4.69, 9.17) is 19.2 Å². The van der Waals surface area contributed by atoms with Crippen LogP contribution >= 0.6 is 0 Å². The summed E-state index contributed by atoms with van der Waals surface area (Å²) in [5.74, 6) is 2.36. The Morgan fingerprint density at radius 3 is 2.76 bits per heavy atom. The van der Waals surface area contributed by atoms with Gasteiger partial charge < -0.3 is 25.0 Å². The van der Waals surface area contributed by atoms with Crippen LogP contribution in [0.3, 0.4) is 0 Å². The van der Waals surface area contributed by atoms with Gasteiger partial charge in [-0.3, -0.25) is 4.90 Å². The number of aliphatic hydroxyl groups excluding tert-OH is 1. The van der Waals surface area contributed by atoms with Gasteiger partial charge in [0.25, 0.3) is 6.43 Å². The quantitative estimate of drug-likeness (QED) is 0.341. The Hall–Kier alpha value is -3.15. The topological polar surface area (TPSA) is 109 Å². The van der Waals surface area contributed by atoms with Crippen molar-refractivity contribution in [1.29, 1.82) is 0 Å². The monoisotopic (exact) mass is 530 g/mol. The number of aryl methyl sites for hydroxylation is 2. The standard InChI is InChI=1S/C27H36F2N6O3/c1-16-25(24-17(2)34-38-18(24)3)32-27(19-7-5-9-22(11-19)37-15-21(36)12-30-4)33-26(16)31-20-8-6-10-35(13-20)14-23(28)29/h5,7,9,11,20-21,23,30,36H,6,8,10,12-15H2,1-4H3,(H,31,32,33). The van der Waals surface area contributed by atoms with Crippen molar-refractivity contribution in [3.8, 4) is 28.4 Å². The van der Waals surface area contributed by atoms with Gasteiger partial charge in [0.2, 0.25) is 0 Å². The van der Waals surface area contributed by atoms with E-state index in [1.807, 2.05) is 45.0 Å².